The van der Waals surface area contributed by atoms with Crippen LogP contribution in [0, 0.1) is 0 Å². The first-order chi connectivity index (χ1) is 12.1. The van der Waals surface area contributed by atoms with Crippen molar-refractivity contribution in [1.29, 1.82) is 0 Å². The third-order valence-corrected chi connectivity index (χ3v) is 4.94. The molecule has 28 heavy (non-hydrogen) atoms. The van der Waals surface area contributed by atoms with Gasteiger partial charge in [0.2, 0.25) is 0 Å². The summed E-state index contributed by atoms with van der Waals surface area (Å²) < 4.78 is 12.3. The van der Waals surface area contributed by atoms with Gasteiger partial charge in [-0.05, 0) is 26.0 Å². The number of likely N-dealkylation sites (N-methyl/N-ethyl adjacent to an activating group) is 2. The van der Waals surface area contributed by atoms with Gasteiger partial charge in [0.15, 0.2) is 0 Å². The van der Waals surface area contributed by atoms with Gasteiger partial charge in [-0.15, -0.1) is 0 Å². The van der Waals surface area contributed by atoms with Gasteiger partial charge < -0.3 is 52.4 Å². The van der Waals surface area contributed by atoms with Crippen LogP contribution >= 0.6 is 0 Å². The van der Waals surface area contributed by atoms with Crippen LogP contribution in [0.25, 0.3) is 0 Å². The summed E-state index contributed by atoms with van der Waals surface area (Å²) in [6, 6.07) is 6.64. The van der Waals surface area contributed by atoms with Crippen LogP contribution in [0.4, 0.5) is 0 Å². The van der Waals surface area contributed by atoms with Gasteiger partial charge in [0.1, 0.15) is 26.3 Å². The number of hydrogen-bond donors (Lipinski definition) is 0. The third kappa shape index (κ3) is 10.0. The fourth-order valence-electron chi connectivity index (χ4n) is 2.08. The highest BCUT2D eigenvalue weighted by Gasteiger charge is 2.21. The summed E-state index contributed by atoms with van der Waals surface area (Å²) in [4.78, 5) is 24.8. The van der Waals surface area contributed by atoms with Crippen molar-refractivity contribution in [3.8, 4) is 0 Å². The average Bonchev–Trinajstić information content (AvgIpc) is 2.61. The fraction of sp³-hybridized carbons (Fsp3) is 0.600. The van der Waals surface area contributed by atoms with Crippen LogP contribution in [0.5, 0.6) is 0 Å². The highest BCUT2D eigenvalue weighted by Crippen LogP contribution is 2.12. The summed E-state index contributed by atoms with van der Waals surface area (Å²) in [7, 11) is 8.32. The molecule has 0 aromatic heterocycles. The Morgan fingerprint density at radius 3 is 1.36 bits per heavy atom. The molecule has 0 fully saturated rings. The monoisotopic (exact) mass is 524 g/mol. The maximum Gasteiger partial charge on any atom is 0.339 e. The summed E-state index contributed by atoms with van der Waals surface area (Å²) in [6.45, 7) is 8.14. The van der Waals surface area contributed by atoms with Crippen molar-refractivity contribution in [3.63, 3.8) is 0 Å². The molecule has 8 heteroatoms. The minimum atomic E-state index is -0.488. The minimum absolute atomic E-state index is 0. The van der Waals surface area contributed by atoms with Gasteiger partial charge in [0.05, 0.1) is 52.4 Å². The van der Waals surface area contributed by atoms with Gasteiger partial charge in [-0.25, -0.2) is 9.59 Å². The van der Waals surface area contributed by atoms with E-state index in [2.05, 4.69) is 42.0 Å². The number of hydrogen-bond acceptors (Lipinski definition) is 4. The quantitative estimate of drug-likeness (QED) is 0.232. The molecule has 0 spiro atoms. The van der Waals surface area contributed by atoms with Crippen LogP contribution in [0.3, 0.4) is 0 Å². The van der Waals surface area contributed by atoms with Crippen LogP contribution in [0.2, 0.25) is 0 Å². The van der Waals surface area contributed by atoms with E-state index in [9.17, 15) is 9.59 Å². The molecule has 162 valence electrons. The molecule has 0 amide bonds. The second kappa shape index (κ2) is 13.3. The molecule has 0 N–H and O–H groups in total. The number of ether oxygens (including phenoxy) is 2. The van der Waals surface area contributed by atoms with E-state index in [0.29, 0.717) is 13.2 Å². The van der Waals surface area contributed by atoms with E-state index in [1.54, 1.807) is 24.3 Å². The largest absolute Gasteiger partial charge is 1.00 e. The predicted molar refractivity (Wildman–Crippen MR) is 102 cm³/mol. The fourth-order valence-corrected chi connectivity index (χ4v) is 2.08. The Labute approximate surface area is 190 Å². The second-order valence-electron chi connectivity index (χ2n) is 7.77. The number of quaternary nitrogens is 2. The lowest BCUT2D eigenvalue weighted by molar-refractivity contribution is -0.888. The SMILES string of the molecule is CC[N+](C)(C)CCOC(=O)c1ccccc1C(=O)OCC[N+](C)(C)CC.[Br-].[Br-]. The number of benzene rings is 1. The van der Waals surface area contributed by atoms with Crippen molar-refractivity contribution in [1.82, 2.24) is 0 Å². The maximum atomic E-state index is 12.4. The van der Waals surface area contributed by atoms with Crippen molar-refractivity contribution in [2.45, 2.75) is 13.8 Å². The molecule has 0 aliphatic heterocycles. The maximum absolute atomic E-state index is 12.4. The van der Waals surface area contributed by atoms with Crippen molar-refractivity contribution >= 4 is 11.9 Å². The van der Waals surface area contributed by atoms with Crippen LogP contribution in [-0.4, -0.2) is 88.5 Å². The van der Waals surface area contributed by atoms with E-state index in [1.165, 1.54) is 0 Å². The Morgan fingerprint density at radius 2 is 1.07 bits per heavy atom. The van der Waals surface area contributed by atoms with E-state index in [1.807, 2.05) is 0 Å². The smallest absolute Gasteiger partial charge is 0.339 e. The Morgan fingerprint density at radius 1 is 0.750 bits per heavy atom. The molecule has 1 rings (SSSR count). The van der Waals surface area contributed by atoms with Gasteiger partial charge in [0.25, 0.3) is 0 Å². The third-order valence-electron chi connectivity index (χ3n) is 4.94. The first-order valence-corrected chi connectivity index (χ1v) is 9.19. The highest BCUT2D eigenvalue weighted by atomic mass is 79.9. The standard InChI is InChI=1S/C20H34N2O4.2BrH/c1-7-21(3,4)13-15-25-19(23)17-11-9-10-12-18(17)20(24)26-16-14-22(5,6)8-2;;/h9-12H,7-8,13-16H2,1-6H3;2*1H/q+2;;/p-2. The van der Waals surface area contributed by atoms with Crippen LogP contribution in [0.1, 0.15) is 34.6 Å². The topological polar surface area (TPSA) is 52.6 Å². The number of nitrogens with zero attached hydrogens (tertiary/aromatic N) is 2. The van der Waals surface area contributed by atoms with Crippen molar-refractivity contribution in [2.75, 3.05) is 67.6 Å². The molecule has 0 saturated carbocycles. The van der Waals surface area contributed by atoms with Gasteiger partial charge in [-0.3, -0.25) is 0 Å². The summed E-state index contributed by atoms with van der Waals surface area (Å²) in [5.74, 6) is -0.975. The van der Waals surface area contributed by atoms with Gasteiger partial charge in [-0.2, -0.15) is 0 Å². The second-order valence-corrected chi connectivity index (χ2v) is 7.77. The number of carbonyl (C=O) groups is 2. The molecule has 0 bridgehead atoms. The average molecular weight is 526 g/mol. The molecule has 6 nitrogen and oxygen atoms in total. The normalized spacial score (nSPS) is 11.1. The lowest BCUT2D eigenvalue weighted by Gasteiger charge is -2.28. The van der Waals surface area contributed by atoms with Gasteiger partial charge >= 0.3 is 11.9 Å². The Bertz CT molecular complexity index is 569. The first kappa shape index (κ1) is 29.2. The van der Waals surface area contributed by atoms with Crippen LogP contribution in [0.15, 0.2) is 24.3 Å². The molecule has 1 aromatic rings. The molecule has 1 aromatic carbocycles. The van der Waals surface area contributed by atoms with E-state index in [-0.39, 0.29) is 45.1 Å². The molecule has 0 atom stereocenters. The van der Waals surface area contributed by atoms with Crippen molar-refractivity contribution < 1.29 is 62.0 Å². The summed E-state index contributed by atoms with van der Waals surface area (Å²) >= 11 is 0. The van der Waals surface area contributed by atoms with Crippen molar-refractivity contribution in [3.05, 3.63) is 35.4 Å². The lowest BCUT2D eigenvalue weighted by Crippen LogP contribution is -3.00. The van der Waals surface area contributed by atoms with Gasteiger partial charge in [-0.1, -0.05) is 12.1 Å². The number of carbonyl (C=O) groups excluding carboxylic acids is 2. The van der Waals surface area contributed by atoms with Gasteiger partial charge in [0, 0.05) is 0 Å². The number of esters is 2. The molecule has 0 heterocycles. The molecular formula is C20H34Br2N2O4. The molecule has 0 aliphatic rings. The Hall–Kier alpha value is -0.960. The zero-order valence-corrected chi connectivity index (χ0v) is 21.0. The summed E-state index contributed by atoms with van der Waals surface area (Å²) in [6.07, 6.45) is 0. The molecule has 0 aliphatic carbocycles. The minimum Gasteiger partial charge on any atom is -1.00 e. The number of rotatable bonds is 10. The predicted octanol–water partition coefficient (Wildman–Crippen LogP) is -3.80. The summed E-state index contributed by atoms with van der Waals surface area (Å²) in [5, 5.41) is 0. The van der Waals surface area contributed by atoms with Crippen LogP contribution < -0.4 is 34.0 Å². The molecular weight excluding hydrogens is 492 g/mol. The zero-order chi connectivity index (χ0) is 19.8. The van der Waals surface area contributed by atoms with Crippen molar-refractivity contribution in [2.24, 2.45) is 0 Å². The number of halogens is 2. The van der Waals surface area contributed by atoms with E-state index < -0.39 is 11.9 Å². The zero-order valence-electron chi connectivity index (χ0n) is 17.8. The van der Waals surface area contributed by atoms with E-state index in [0.717, 1.165) is 35.1 Å². The molecule has 0 saturated heterocycles. The first-order valence-electron chi connectivity index (χ1n) is 9.19. The molecule has 0 radical (unpaired) electrons. The molecule has 0 unspecified atom stereocenters. The lowest BCUT2D eigenvalue weighted by atomic mass is 10.1. The summed E-state index contributed by atoms with van der Waals surface area (Å²) in [5.41, 5.74) is 0.507. The highest BCUT2D eigenvalue weighted by molar-refractivity contribution is 6.03. The van der Waals surface area contributed by atoms with E-state index in [4.69, 9.17) is 9.47 Å². The Kier molecular flexibility index (Phi) is 13.9. The Balaban J connectivity index is 0. The van der Waals surface area contributed by atoms with Crippen LogP contribution in [-0.2, 0) is 9.47 Å². The van der Waals surface area contributed by atoms with E-state index >= 15 is 0 Å².